The summed E-state index contributed by atoms with van der Waals surface area (Å²) < 4.78 is 59.9. The van der Waals surface area contributed by atoms with Crippen LogP contribution in [0.15, 0.2) is 158 Å². The van der Waals surface area contributed by atoms with Gasteiger partial charge in [-0.15, -0.1) is 11.3 Å². The van der Waals surface area contributed by atoms with Crippen molar-refractivity contribution in [1.29, 1.82) is 0 Å². The summed E-state index contributed by atoms with van der Waals surface area (Å²) in [5, 5.41) is 2.89. The highest BCUT2D eigenvalue weighted by Crippen LogP contribution is 2.60. The number of para-hydroxylation sites is 2. The summed E-state index contributed by atoms with van der Waals surface area (Å²) in [6, 6.07) is 41.9. The largest absolute Gasteiger partial charge is 0.309 e. The fourth-order valence-corrected chi connectivity index (χ4v) is 12.7. The molecule has 9 aromatic rings. The van der Waals surface area contributed by atoms with E-state index in [0.29, 0.717) is 37.3 Å². The minimum absolute atomic E-state index is 0.0963. The average molecular weight is 789 g/mol. The second kappa shape index (κ2) is 13.4. The van der Waals surface area contributed by atoms with Crippen molar-refractivity contribution in [1.82, 2.24) is 4.57 Å². The first-order chi connectivity index (χ1) is 31.4. The van der Waals surface area contributed by atoms with Crippen LogP contribution in [-0.2, 0) is 5.41 Å². The van der Waals surface area contributed by atoms with Crippen LogP contribution in [0.5, 0.6) is 0 Å². The molecule has 4 aliphatic rings. The van der Waals surface area contributed by atoms with Crippen LogP contribution in [0.4, 0.5) is 17.1 Å². The van der Waals surface area contributed by atoms with Gasteiger partial charge in [-0.1, -0.05) is 118 Å². The lowest BCUT2D eigenvalue weighted by atomic mass is 9.51. The highest BCUT2D eigenvalue weighted by atomic mass is 32.1. The van der Waals surface area contributed by atoms with E-state index in [0.717, 1.165) is 73.7 Å². The SMILES string of the molecule is [2H]c1c([2H])c([2H])c2c(sc3c([2H])c(-c4ccc(C(C)(C)C)cc4)c([2H])c(N(c4ccc(C5C6CC7CC(C6)CC5C7)cc4)c4cccc5c4c4ccccc4n5-c4ccccc4)c32)c1[2H]. The topological polar surface area (TPSA) is 8.17 Å². The number of hydrogen-bond donors (Lipinski definition) is 0. The Hall–Kier alpha value is -5.64. The Morgan fingerprint density at radius 1 is 0.593 bits per heavy atom. The molecule has 13 rings (SSSR count). The minimum Gasteiger partial charge on any atom is -0.309 e. The third kappa shape index (κ3) is 5.72. The first-order valence-electron chi connectivity index (χ1n) is 24.4. The molecule has 3 heteroatoms. The summed E-state index contributed by atoms with van der Waals surface area (Å²) in [4.78, 5) is 2.18. The van der Waals surface area contributed by atoms with Crippen LogP contribution in [0.2, 0.25) is 0 Å². The van der Waals surface area contributed by atoms with Crippen LogP contribution >= 0.6 is 11.3 Å². The Kier molecular flexibility index (Phi) is 6.73. The highest BCUT2D eigenvalue weighted by Gasteiger charge is 2.48. The summed E-state index contributed by atoms with van der Waals surface area (Å²) in [5.74, 6) is 3.73. The standard InChI is InChI=1S/C56H50N2S/c1-56(2,3)42-24-20-37(21-25-42)39-33-50(55-46-15-8-10-19-51(46)59-52(55)34-39)58(44-26-22-38(23-27-44)53-40-29-35-28-36(31-40)32-41(53)30-35)49-18-11-17-48-54(49)45-14-7-9-16-47(45)57(48)43-12-5-4-6-13-43/h4-27,33-36,40-41,53H,28-32H2,1-3H3/i8D,10D,15D,19D,33D,34D. The van der Waals surface area contributed by atoms with E-state index in [1.54, 1.807) is 0 Å². The molecule has 2 heterocycles. The van der Waals surface area contributed by atoms with Gasteiger partial charge in [0.1, 0.15) is 0 Å². The predicted molar refractivity (Wildman–Crippen MR) is 252 cm³/mol. The summed E-state index contributed by atoms with van der Waals surface area (Å²) in [6.07, 6.45) is 6.72. The number of nitrogens with zero attached hydrogens (tertiary/aromatic N) is 2. The molecule has 4 saturated carbocycles. The van der Waals surface area contributed by atoms with Gasteiger partial charge in [0.05, 0.1) is 30.6 Å². The maximum atomic E-state index is 10.5. The molecule has 0 spiro atoms. The molecular formula is C56H50N2S. The zero-order chi connectivity index (χ0) is 44.6. The molecule has 0 atom stereocenters. The van der Waals surface area contributed by atoms with E-state index in [2.05, 4.69) is 133 Å². The summed E-state index contributed by atoms with van der Waals surface area (Å²) in [5.41, 5.74) is 8.90. The van der Waals surface area contributed by atoms with E-state index >= 15 is 0 Å². The maximum Gasteiger partial charge on any atom is 0.0652 e. The quantitative estimate of drug-likeness (QED) is 0.163. The van der Waals surface area contributed by atoms with Crippen LogP contribution in [-0.4, -0.2) is 4.57 Å². The Morgan fingerprint density at radius 3 is 2.03 bits per heavy atom. The van der Waals surface area contributed by atoms with Crippen LogP contribution in [0.1, 0.15) is 78.1 Å². The Balaban J connectivity index is 1.19. The lowest BCUT2D eigenvalue weighted by molar-refractivity contribution is -0.00277. The molecule has 2 aromatic heterocycles. The molecule has 0 radical (unpaired) electrons. The van der Waals surface area contributed by atoms with Crippen molar-refractivity contribution in [2.24, 2.45) is 23.7 Å². The van der Waals surface area contributed by atoms with Crippen molar-refractivity contribution in [3.63, 3.8) is 0 Å². The van der Waals surface area contributed by atoms with Crippen LogP contribution in [0, 0.1) is 23.7 Å². The first-order valence-corrected chi connectivity index (χ1v) is 22.2. The van der Waals surface area contributed by atoms with E-state index < -0.39 is 0 Å². The minimum atomic E-state index is -0.326. The normalized spacial score (nSPS) is 22.7. The van der Waals surface area contributed by atoms with Gasteiger partial charge in [0, 0.05) is 42.3 Å². The molecular weight excluding hydrogens is 733 g/mol. The van der Waals surface area contributed by atoms with Crippen molar-refractivity contribution in [3.05, 3.63) is 169 Å². The second-order valence-electron chi connectivity index (χ2n) is 18.6. The van der Waals surface area contributed by atoms with Crippen molar-refractivity contribution in [2.45, 2.75) is 64.2 Å². The molecule has 0 aliphatic heterocycles. The second-order valence-corrected chi connectivity index (χ2v) is 19.6. The van der Waals surface area contributed by atoms with Gasteiger partial charge < -0.3 is 9.47 Å². The lowest BCUT2D eigenvalue weighted by Crippen LogP contribution is -2.43. The number of hydrogen-bond acceptors (Lipinski definition) is 2. The number of fused-ring (bicyclic) bond motifs is 6. The Morgan fingerprint density at radius 2 is 1.29 bits per heavy atom. The fourth-order valence-electron chi connectivity index (χ4n) is 11.7. The average Bonchev–Trinajstić information content (AvgIpc) is 3.87. The van der Waals surface area contributed by atoms with Gasteiger partial charge in [-0.2, -0.15) is 0 Å². The van der Waals surface area contributed by atoms with Crippen molar-refractivity contribution in [2.75, 3.05) is 4.90 Å². The third-order valence-corrected chi connectivity index (χ3v) is 15.0. The lowest BCUT2D eigenvalue weighted by Gasteiger charge is -2.54. The smallest absolute Gasteiger partial charge is 0.0652 e. The highest BCUT2D eigenvalue weighted by molar-refractivity contribution is 7.26. The van der Waals surface area contributed by atoms with Crippen molar-refractivity contribution < 1.29 is 8.22 Å². The van der Waals surface area contributed by atoms with Gasteiger partial charge in [-0.25, -0.2) is 0 Å². The third-order valence-electron chi connectivity index (χ3n) is 14.0. The molecule has 0 N–H and O–H groups in total. The number of anilines is 3. The van der Waals surface area contributed by atoms with Crippen LogP contribution in [0.3, 0.4) is 0 Å². The first kappa shape index (κ1) is 29.6. The van der Waals surface area contributed by atoms with E-state index in [1.165, 1.54) is 49.0 Å². The summed E-state index contributed by atoms with van der Waals surface area (Å²) in [7, 11) is 0. The van der Waals surface area contributed by atoms with Gasteiger partial charge in [0.25, 0.3) is 0 Å². The number of aromatic nitrogens is 1. The summed E-state index contributed by atoms with van der Waals surface area (Å²) in [6.45, 7) is 6.53. The molecule has 0 amide bonds. The molecule has 59 heavy (non-hydrogen) atoms. The molecule has 290 valence electrons. The van der Waals surface area contributed by atoms with E-state index in [-0.39, 0.29) is 41.7 Å². The zero-order valence-corrected chi connectivity index (χ0v) is 34.6. The maximum absolute atomic E-state index is 10.5. The molecule has 2 nitrogen and oxygen atoms in total. The molecule has 4 aliphatic carbocycles. The molecule has 0 saturated heterocycles. The van der Waals surface area contributed by atoms with Crippen LogP contribution in [0.25, 0.3) is 58.8 Å². The van der Waals surface area contributed by atoms with E-state index in [9.17, 15) is 4.11 Å². The number of thiophene rings is 1. The van der Waals surface area contributed by atoms with Crippen molar-refractivity contribution in [3.8, 4) is 16.8 Å². The fraction of sp³-hybridized carbons (Fsp3) is 0.250. The molecule has 0 unspecified atom stereocenters. The van der Waals surface area contributed by atoms with Gasteiger partial charge in [-0.3, -0.25) is 0 Å². The zero-order valence-electron chi connectivity index (χ0n) is 39.8. The molecule has 7 aromatic carbocycles. The van der Waals surface area contributed by atoms with Gasteiger partial charge in [0.15, 0.2) is 0 Å². The van der Waals surface area contributed by atoms with E-state index in [4.69, 9.17) is 4.11 Å². The Labute approximate surface area is 360 Å². The molecule has 4 fully saturated rings. The van der Waals surface area contributed by atoms with Crippen LogP contribution < -0.4 is 4.90 Å². The number of benzene rings is 7. The molecule has 4 bridgehead atoms. The van der Waals surface area contributed by atoms with E-state index in [1.807, 2.05) is 18.2 Å². The predicted octanol–water partition coefficient (Wildman–Crippen LogP) is 16.1. The summed E-state index contributed by atoms with van der Waals surface area (Å²) >= 11 is 1.23. The number of rotatable bonds is 6. The van der Waals surface area contributed by atoms with Gasteiger partial charge >= 0.3 is 0 Å². The van der Waals surface area contributed by atoms with Gasteiger partial charge in [0.2, 0.25) is 0 Å². The van der Waals surface area contributed by atoms with Gasteiger partial charge in [-0.05, 0) is 150 Å². The Bertz CT molecular complexity index is 3350. The monoisotopic (exact) mass is 788 g/mol. The van der Waals surface area contributed by atoms with Crippen molar-refractivity contribution >= 4 is 70.4 Å².